The first-order chi connectivity index (χ1) is 12.1. The van der Waals surface area contributed by atoms with E-state index < -0.39 is 0 Å². The molecule has 1 aliphatic heterocycles. The summed E-state index contributed by atoms with van der Waals surface area (Å²) in [5, 5.41) is 8.67. The SMILES string of the molecule is CC1C=C(Nc2nc(CCN)cn3c(-c4cnn(C)c4)cnc23)SN1. The number of anilines is 1. The highest BCUT2D eigenvalue weighted by atomic mass is 32.2. The van der Waals surface area contributed by atoms with E-state index >= 15 is 0 Å². The van der Waals surface area contributed by atoms with Crippen LogP contribution in [0.5, 0.6) is 0 Å². The van der Waals surface area contributed by atoms with Gasteiger partial charge in [0, 0.05) is 37.5 Å². The molecule has 0 amide bonds. The molecule has 0 radical (unpaired) electrons. The van der Waals surface area contributed by atoms with Crippen molar-refractivity contribution in [1.82, 2.24) is 28.9 Å². The summed E-state index contributed by atoms with van der Waals surface area (Å²) >= 11 is 1.56. The molecule has 8 nitrogen and oxygen atoms in total. The lowest BCUT2D eigenvalue weighted by Gasteiger charge is -2.10. The lowest BCUT2D eigenvalue weighted by molar-refractivity contribution is 0.768. The molecule has 0 aliphatic carbocycles. The summed E-state index contributed by atoms with van der Waals surface area (Å²) in [5.74, 6) is 0.732. The molecule has 3 aromatic rings. The van der Waals surface area contributed by atoms with E-state index in [1.54, 1.807) is 16.6 Å². The van der Waals surface area contributed by atoms with E-state index in [9.17, 15) is 0 Å². The Kier molecular flexibility index (Phi) is 4.20. The van der Waals surface area contributed by atoms with E-state index in [1.807, 2.05) is 36.2 Å². The van der Waals surface area contributed by atoms with Crippen LogP contribution in [0, 0.1) is 0 Å². The van der Waals surface area contributed by atoms with Gasteiger partial charge in [-0.15, -0.1) is 0 Å². The van der Waals surface area contributed by atoms with Crippen LogP contribution in [0.4, 0.5) is 5.82 Å². The highest BCUT2D eigenvalue weighted by Crippen LogP contribution is 2.27. The first-order valence-corrected chi connectivity index (χ1v) is 8.93. The van der Waals surface area contributed by atoms with Crippen molar-refractivity contribution in [3.8, 4) is 11.3 Å². The summed E-state index contributed by atoms with van der Waals surface area (Å²) in [6.45, 7) is 2.65. The maximum Gasteiger partial charge on any atom is 0.180 e. The first kappa shape index (κ1) is 16.1. The molecule has 0 aromatic carbocycles. The van der Waals surface area contributed by atoms with Gasteiger partial charge in [-0.2, -0.15) is 5.10 Å². The molecule has 0 spiro atoms. The molecule has 0 bridgehead atoms. The van der Waals surface area contributed by atoms with Crippen LogP contribution >= 0.6 is 11.9 Å². The second-order valence-corrected chi connectivity index (χ2v) is 6.90. The average Bonchev–Trinajstić information content (AvgIpc) is 3.28. The van der Waals surface area contributed by atoms with E-state index in [0.717, 1.165) is 33.4 Å². The average molecular weight is 356 g/mol. The quantitative estimate of drug-likeness (QED) is 0.596. The van der Waals surface area contributed by atoms with Gasteiger partial charge in [0.25, 0.3) is 0 Å². The number of hydrogen-bond acceptors (Lipinski definition) is 7. The van der Waals surface area contributed by atoms with Crippen LogP contribution in [-0.4, -0.2) is 36.7 Å². The molecule has 1 unspecified atom stereocenters. The Morgan fingerprint density at radius 1 is 1.36 bits per heavy atom. The zero-order valence-corrected chi connectivity index (χ0v) is 14.9. The number of imidazole rings is 1. The van der Waals surface area contributed by atoms with Gasteiger partial charge in [0.15, 0.2) is 11.5 Å². The van der Waals surface area contributed by atoms with Crippen LogP contribution < -0.4 is 15.8 Å². The number of nitrogens with zero attached hydrogens (tertiary/aromatic N) is 5. The van der Waals surface area contributed by atoms with E-state index in [4.69, 9.17) is 10.7 Å². The third kappa shape index (κ3) is 3.13. The van der Waals surface area contributed by atoms with Gasteiger partial charge in [-0.25, -0.2) is 9.97 Å². The summed E-state index contributed by atoms with van der Waals surface area (Å²) in [6, 6.07) is 0.321. The van der Waals surface area contributed by atoms with Gasteiger partial charge in [0.05, 0.1) is 28.8 Å². The summed E-state index contributed by atoms with van der Waals surface area (Å²) in [7, 11) is 1.90. The lowest BCUT2D eigenvalue weighted by atomic mass is 10.2. The first-order valence-electron chi connectivity index (χ1n) is 8.11. The minimum Gasteiger partial charge on any atom is -0.331 e. The molecular formula is C16H20N8S. The third-order valence-electron chi connectivity index (χ3n) is 3.94. The minimum absolute atomic E-state index is 0.321. The fraction of sp³-hybridized carbons (Fsp3) is 0.312. The van der Waals surface area contributed by atoms with Gasteiger partial charge in [-0.3, -0.25) is 13.8 Å². The molecule has 3 aromatic heterocycles. The monoisotopic (exact) mass is 356 g/mol. The van der Waals surface area contributed by atoms with Crippen molar-refractivity contribution in [2.24, 2.45) is 12.8 Å². The Morgan fingerprint density at radius 3 is 2.92 bits per heavy atom. The van der Waals surface area contributed by atoms with E-state index in [2.05, 4.69) is 33.1 Å². The molecule has 0 saturated heterocycles. The maximum atomic E-state index is 5.74. The van der Waals surface area contributed by atoms with Crippen molar-refractivity contribution in [2.45, 2.75) is 19.4 Å². The predicted octanol–water partition coefficient (Wildman–Crippen LogP) is 1.52. The van der Waals surface area contributed by atoms with Gasteiger partial charge in [-0.05, 0) is 31.5 Å². The number of fused-ring (bicyclic) bond motifs is 1. The number of hydrogen-bond donors (Lipinski definition) is 3. The summed E-state index contributed by atoms with van der Waals surface area (Å²) < 4.78 is 7.12. The molecule has 4 rings (SSSR count). The molecule has 4 heterocycles. The number of rotatable bonds is 5. The van der Waals surface area contributed by atoms with Gasteiger partial charge in [0.2, 0.25) is 0 Å². The molecule has 1 atom stereocenters. The van der Waals surface area contributed by atoms with E-state index in [0.29, 0.717) is 19.0 Å². The van der Waals surface area contributed by atoms with Crippen molar-refractivity contribution < 1.29 is 0 Å². The van der Waals surface area contributed by atoms with E-state index in [1.165, 1.54) is 0 Å². The highest BCUT2D eigenvalue weighted by Gasteiger charge is 2.17. The van der Waals surface area contributed by atoms with Crippen LogP contribution in [0.25, 0.3) is 16.9 Å². The highest BCUT2D eigenvalue weighted by molar-refractivity contribution is 8.01. The molecule has 0 fully saturated rings. The van der Waals surface area contributed by atoms with Crippen molar-refractivity contribution in [3.63, 3.8) is 0 Å². The summed E-state index contributed by atoms with van der Waals surface area (Å²) in [6.07, 6.45) is 10.5. The largest absolute Gasteiger partial charge is 0.331 e. The molecule has 9 heteroatoms. The number of nitrogens with one attached hydrogen (secondary N) is 2. The van der Waals surface area contributed by atoms with Crippen LogP contribution in [-0.2, 0) is 13.5 Å². The van der Waals surface area contributed by atoms with Crippen LogP contribution in [0.2, 0.25) is 0 Å². The van der Waals surface area contributed by atoms with Crippen molar-refractivity contribution in [1.29, 1.82) is 0 Å². The normalized spacial score (nSPS) is 17.2. The van der Waals surface area contributed by atoms with E-state index in [-0.39, 0.29) is 0 Å². The van der Waals surface area contributed by atoms with Gasteiger partial charge in [0.1, 0.15) is 0 Å². The Labute approximate surface area is 149 Å². The maximum absolute atomic E-state index is 5.74. The molecule has 4 N–H and O–H groups in total. The predicted molar refractivity (Wildman–Crippen MR) is 99.8 cm³/mol. The van der Waals surface area contributed by atoms with Gasteiger partial charge in [-0.1, -0.05) is 0 Å². The van der Waals surface area contributed by atoms with Crippen LogP contribution in [0.3, 0.4) is 0 Å². The van der Waals surface area contributed by atoms with Crippen molar-refractivity contribution in [3.05, 3.63) is 41.6 Å². The van der Waals surface area contributed by atoms with Gasteiger partial charge >= 0.3 is 0 Å². The number of nitrogens with two attached hydrogens (primary N) is 1. The Hall–Kier alpha value is -2.36. The molecule has 25 heavy (non-hydrogen) atoms. The molecule has 1 aliphatic rings. The topological polar surface area (TPSA) is 98.1 Å². The minimum atomic E-state index is 0.321. The summed E-state index contributed by atoms with van der Waals surface area (Å²) in [4.78, 5) is 9.29. The fourth-order valence-corrected chi connectivity index (χ4v) is 3.59. The molecular weight excluding hydrogens is 336 g/mol. The Morgan fingerprint density at radius 2 is 2.24 bits per heavy atom. The molecule has 130 valence electrons. The Bertz CT molecular complexity index is 941. The van der Waals surface area contributed by atoms with Crippen LogP contribution in [0.15, 0.2) is 35.9 Å². The lowest BCUT2D eigenvalue weighted by Crippen LogP contribution is -2.09. The Balaban J connectivity index is 1.81. The fourth-order valence-electron chi connectivity index (χ4n) is 2.79. The zero-order chi connectivity index (χ0) is 17.4. The second kappa shape index (κ2) is 6.51. The van der Waals surface area contributed by atoms with Crippen molar-refractivity contribution >= 4 is 23.4 Å². The summed E-state index contributed by atoms with van der Waals surface area (Å²) in [5.41, 5.74) is 9.43. The second-order valence-electron chi connectivity index (χ2n) is 6.02. The van der Waals surface area contributed by atoms with Gasteiger partial charge < -0.3 is 11.1 Å². The molecule has 0 saturated carbocycles. The number of aromatic nitrogens is 5. The zero-order valence-electron chi connectivity index (χ0n) is 14.1. The number of aryl methyl sites for hydroxylation is 1. The van der Waals surface area contributed by atoms with Crippen LogP contribution in [0.1, 0.15) is 12.6 Å². The van der Waals surface area contributed by atoms with Crippen molar-refractivity contribution in [2.75, 3.05) is 11.9 Å². The standard InChI is InChI=1S/C16H20N8S/c1-10-5-14(25-22-10)21-15-16-18-7-13(11-6-19-23(2)8-11)24(16)9-12(20-15)3-4-17/h5-10,22H,3-4,17H2,1-2H3,(H,20,21). The third-order valence-corrected chi connectivity index (χ3v) is 4.89. The smallest absolute Gasteiger partial charge is 0.180 e.